The standard InChI is InChI=1S/C37H48P2/c1-29(38(30-17-6-2-7-18-30)31-19-8-3-9-20-31)34-26-16-27-35(34)36-25-14-15-28-37(36)39(32-21-10-4-11-22-32)33-23-12-5-13-24-33/h4-5,10-15,21-25,28-31,34-35H,2-3,6-9,16-20,26-27H2,1H3/t29-,34?,35?/m0/s1. The Morgan fingerprint density at radius 1 is 0.538 bits per heavy atom. The summed E-state index contributed by atoms with van der Waals surface area (Å²) in [5, 5.41) is 4.59. The molecule has 0 heterocycles. The third-order valence-electron chi connectivity index (χ3n) is 10.3. The Morgan fingerprint density at radius 3 is 1.62 bits per heavy atom. The van der Waals surface area contributed by atoms with Crippen LogP contribution in [0, 0.1) is 5.92 Å². The SMILES string of the molecule is C[C@@H](C1CCCC1c1ccccc1P(c1ccccc1)c1ccccc1)P(C1CCCCC1)C1CCCCC1. The van der Waals surface area contributed by atoms with E-state index in [1.165, 1.54) is 94.1 Å². The van der Waals surface area contributed by atoms with Crippen LogP contribution in [0.1, 0.15) is 102 Å². The van der Waals surface area contributed by atoms with Gasteiger partial charge in [0.2, 0.25) is 0 Å². The lowest BCUT2D eigenvalue weighted by atomic mass is 9.87. The van der Waals surface area contributed by atoms with Crippen LogP contribution in [0.5, 0.6) is 0 Å². The van der Waals surface area contributed by atoms with E-state index in [-0.39, 0.29) is 7.92 Å². The Morgan fingerprint density at radius 2 is 1.05 bits per heavy atom. The van der Waals surface area contributed by atoms with E-state index in [4.69, 9.17) is 0 Å². The topological polar surface area (TPSA) is 0 Å². The first-order valence-electron chi connectivity index (χ1n) is 16.1. The number of hydrogen-bond acceptors (Lipinski definition) is 0. The van der Waals surface area contributed by atoms with Gasteiger partial charge in [0.1, 0.15) is 0 Å². The van der Waals surface area contributed by atoms with E-state index in [1.807, 2.05) is 0 Å². The van der Waals surface area contributed by atoms with E-state index >= 15 is 0 Å². The van der Waals surface area contributed by atoms with E-state index in [0.717, 1.165) is 28.8 Å². The van der Waals surface area contributed by atoms with Crippen LogP contribution in [-0.2, 0) is 0 Å². The summed E-state index contributed by atoms with van der Waals surface area (Å²) in [6, 6.07) is 32.4. The molecule has 2 unspecified atom stereocenters. The molecule has 0 aliphatic heterocycles. The third-order valence-corrected chi connectivity index (χ3v) is 16.8. The van der Waals surface area contributed by atoms with Gasteiger partial charge in [0.05, 0.1) is 0 Å². The number of hydrogen-bond donors (Lipinski definition) is 0. The molecule has 6 rings (SSSR count). The smallest absolute Gasteiger partial charge is 0.0116 e. The Kier molecular flexibility index (Phi) is 9.55. The van der Waals surface area contributed by atoms with Gasteiger partial charge >= 0.3 is 0 Å². The zero-order chi connectivity index (χ0) is 26.4. The van der Waals surface area contributed by atoms with E-state index in [2.05, 4.69) is 91.9 Å². The molecule has 0 aromatic heterocycles. The Bertz CT molecular complexity index is 1090. The fraction of sp³-hybridized carbons (Fsp3) is 0.514. The Balaban J connectivity index is 1.36. The third kappa shape index (κ3) is 6.24. The van der Waals surface area contributed by atoms with Gasteiger partial charge in [-0.2, -0.15) is 0 Å². The summed E-state index contributed by atoms with van der Waals surface area (Å²) in [4.78, 5) is 0. The molecule has 3 aromatic rings. The molecule has 0 spiro atoms. The number of rotatable bonds is 8. The molecule has 3 atom stereocenters. The molecule has 3 aliphatic rings. The minimum atomic E-state index is -0.556. The first-order valence-corrected chi connectivity index (χ1v) is 19.0. The molecule has 3 fully saturated rings. The summed E-state index contributed by atoms with van der Waals surface area (Å²) < 4.78 is 0. The highest BCUT2D eigenvalue weighted by molar-refractivity contribution is 7.79. The Labute approximate surface area is 240 Å². The maximum absolute atomic E-state index is 2.75. The monoisotopic (exact) mass is 554 g/mol. The molecular weight excluding hydrogens is 506 g/mol. The van der Waals surface area contributed by atoms with Gasteiger partial charge in [0.15, 0.2) is 0 Å². The first kappa shape index (κ1) is 27.7. The predicted octanol–water partition coefficient (Wildman–Crippen LogP) is 9.86. The molecule has 0 radical (unpaired) electrons. The molecule has 3 saturated carbocycles. The van der Waals surface area contributed by atoms with Crippen molar-refractivity contribution < 1.29 is 0 Å². The molecule has 39 heavy (non-hydrogen) atoms. The van der Waals surface area contributed by atoms with Gasteiger partial charge in [-0.1, -0.05) is 145 Å². The molecule has 0 nitrogen and oxygen atoms in total. The lowest BCUT2D eigenvalue weighted by molar-refractivity contribution is 0.446. The molecule has 0 saturated heterocycles. The van der Waals surface area contributed by atoms with Crippen LogP contribution < -0.4 is 15.9 Å². The van der Waals surface area contributed by atoms with Crippen molar-refractivity contribution in [1.29, 1.82) is 0 Å². The van der Waals surface area contributed by atoms with Gasteiger partial charge in [-0.05, 0) is 96.7 Å². The van der Waals surface area contributed by atoms with Crippen molar-refractivity contribution in [3.63, 3.8) is 0 Å². The highest BCUT2D eigenvalue weighted by Gasteiger charge is 2.42. The normalized spacial score (nSPS) is 23.9. The van der Waals surface area contributed by atoms with Crippen molar-refractivity contribution in [1.82, 2.24) is 0 Å². The van der Waals surface area contributed by atoms with E-state index in [0.29, 0.717) is 0 Å². The van der Waals surface area contributed by atoms with Gasteiger partial charge in [-0.25, -0.2) is 0 Å². The molecule has 206 valence electrons. The average molecular weight is 555 g/mol. The molecule has 0 bridgehead atoms. The van der Waals surface area contributed by atoms with Crippen LogP contribution in [-0.4, -0.2) is 17.0 Å². The second-order valence-electron chi connectivity index (χ2n) is 12.5. The first-order chi connectivity index (χ1) is 19.3. The second-order valence-corrected chi connectivity index (χ2v) is 17.9. The lowest BCUT2D eigenvalue weighted by Gasteiger charge is -2.45. The van der Waals surface area contributed by atoms with E-state index in [1.54, 1.807) is 10.9 Å². The maximum Gasteiger partial charge on any atom is -0.0116 e. The zero-order valence-electron chi connectivity index (χ0n) is 24.1. The summed E-state index contributed by atoms with van der Waals surface area (Å²) in [7, 11) is -0.449. The minimum absolute atomic E-state index is 0.106. The summed E-state index contributed by atoms with van der Waals surface area (Å²) in [5.74, 6) is 1.59. The van der Waals surface area contributed by atoms with Gasteiger partial charge < -0.3 is 0 Å². The maximum atomic E-state index is 2.75. The van der Waals surface area contributed by atoms with Gasteiger partial charge in [0, 0.05) is 0 Å². The molecular formula is C37H48P2. The van der Waals surface area contributed by atoms with Crippen LogP contribution in [0.3, 0.4) is 0 Å². The summed E-state index contributed by atoms with van der Waals surface area (Å²) in [5.41, 5.74) is 4.70. The largest absolute Gasteiger partial charge is 0.0971 e. The average Bonchev–Trinajstić information content (AvgIpc) is 3.50. The summed E-state index contributed by atoms with van der Waals surface area (Å²) >= 11 is 0. The fourth-order valence-corrected chi connectivity index (χ4v) is 15.7. The van der Waals surface area contributed by atoms with Crippen LogP contribution in [0.4, 0.5) is 0 Å². The van der Waals surface area contributed by atoms with Crippen LogP contribution in [0.25, 0.3) is 0 Å². The van der Waals surface area contributed by atoms with Crippen LogP contribution >= 0.6 is 15.8 Å². The van der Waals surface area contributed by atoms with Crippen LogP contribution in [0.2, 0.25) is 0 Å². The van der Waals surface area contributed by atoms with Gasteiger partial charge in [-0.3, -0.25) is 0 Å². The predicted molar refractivity (Wildman–Crippen MR) is 175 cm³/mol. The van der Waals surface area contributed by atoms with Crippen molar-refractivity contribution in [3.05, 3.63) is 90.5 Å². The van der Waals surface area contributed by atoms with Crippen molar-refractivity contribution in [3.8, 4) is 0 Å². The van der Waals surface area contributed by atoms with Crippen molar-refractivity contribution in [2.75, 3.05) is 0 Å². The van der Waals surface area contributed by atoms with Crippen molar-refractivity contribution in [2.24, 2.45) is 5.92 Å². The van der Waals surface area contributed by atoms with Gasteiger partial charge in [0.25, 0.3) is 0 Å². The van der Waals surface area contributed by atoms with Gasteiger partial charge in [-0.15, -0.1) is 0 Å². The minimum Gasteiger partial charge on any atom is -0.0971 e. The van der Waals surface area contributed by atoms with E-state index < -0.39 is 7.92 Å². The Hall–Kier alpha value is -1.48. The quantitative estimate of drug-likeness (QED) is 0.243. The number of benzene rings is 3. The molecule has 3 aromatic carbocycles. The molecule has 2 heteroatoms. The molecule has 0 amide bonds. The zero-order valence-corrected chi connectivity index (χ0v) is 25.8. The van der Waals surface area contributed by atoms with Crippen LogP contribution in [0.15, 0.2) is 84.9 Å². The lowest BCUT2D eigenvalue weighted by Crippen LogP contribution is -2.32. The molecule has 0 N–H and O–H groups in total. The molecule has 3 aliphatic carbocycles. The highest BCUT2D eigenvalue weighted by atomic mass is 31.1. The van der Waals surface area contributed by atoms with Crippen molar-refractivity contribution in [2.45, 2.75) is 113 Å². The fourth-order valence-electron chi connectivity index (χ4n) is 8.48. The second kappa shape index (κ2) is 13.5. The summed E-state index contributed by atoms with van der Waals surface area (Å²) in [6.07, 6.45) is 19.4. The van der Waals surface area contributed by atoms with E-state index in [9.17, 15) is 0 Å². The van der Waals surface area contributed by atoms with Crippen molar-refractivity contribution >= 4 is 31.8 Å². The highest BCUT2D eigenvalue weighted by Crippen LogP contribution is 2.63. The summed E-state index contributed by atoms with van der Waals surface area (Å²) in [6.45, 7) is 2.75.